The molecule has 0 aromatic rings. The van der Waals surface area contributed by atoms with Gasteiger partial charge in [0.1, 0.15) is 5.60 Å². The summed E-state index contributed by atoms with van der Waals surface area (Å²) in [6.07, 6.45) is 21.5. The zero-order valence-electron chi connectivity index (χ0n) is 20.6. The average Bonchev–Trinajstić information content (AvgIpc) is 2.67. The summed E-state index contributed by atoms with van der Waals surface area (Å²) in [5.41, 5.74) is -0.505. The predicted molar refractivity (Wildman–Crippen MR) is 126 cm³/mol. The first kappa shape index (κ1) is 28.9. The van der Waals surface area contributed by atoms with E-state index >= 15 is 0 Å². The largest absolute Gasteiger partial charge is 0.466 e. The van der Waals surface area contributed by atoms with Crippen molar-refractivity contribution in [3.63, 3.8) is 0 Å². The second-order valence-corrected chi connectivity index (χ2v) is 9.61. The lowest BCUT2D eigenvalue weighted by atomic mass is 10.0. The van der Waals surface area contributed by atoms with Crippen molar-refractivity contribution in [2.45, 2.75) is 149 Å². The van der Waals surface area contributed by atoms with Crippen molar-refractivity contribution in [2.24, 2.45) is 0 Å². The molecule has 4 heteroatoms. The summed E-state index contributed by atoms with van der Waals surface area (Å²) < 4.78 is 10.4. The molecule has 0 amide bonds. The van der Waals surface area contributed by atoms with Gasteiger partial charge >= 0.3 is 11.9 Å². The van der Waals surface area contributed by atoms with Crippen LogP contribution in [0.5, 0.6) is 0 Å². The van der Waals surface area contributed by atoms with E-state index in [1.807, 2.05) is 20.8 Å². The molecule has 0 aliphatic heterocycles. The Bertz CT molecular complexity index is 412. The zero-order chi connectivity index (χ0) is 22.5. The molecule has 0 N–H and O–H groups in total. The monoisotopic (exact) mass is 426 g/mol. The SMILES string of the molecule is CCCCCCCCCCCCCCCCCCOC(=O)CCC(=O)OC(C)(C)C. The van der Waals surface area contributed by atoms with Gasteiger partial charge < -0.3 is 9.47 Å². The molecule has 0 aliphatic carbocycles. The van der Waals surface area contributed by atoms with Gasteiger partial charge in [-0.2, -0.15) is 0 Å². The van der Waals surface area contributed by atoms with Crippen molar-refractivity contribution in [2.75, 3.05) is 6.61 Å². The first-order valence-electron chi connectivity index (χ1n) is 12.7. The highest BCUT2D eigenvalue weighted by Crippen LogP contribution is 2.14. The molecule has 0 radical (unpaired) electrons. The van der Waals surface area contributed by atoms with E-state index in [9.17, 15) is 9.59 Å². The Hall–Kier alpha value is -1.06. The van der Waals surface area contributed by atoms with Gasteiger partial charge in [0.2, 0.25) is 0 Å². The third-order valence-electron chi connectivity index (χ3n) is 5.21. The van der Waals surface area contributed by atoms with E-state index in [-0.39, 0.29) is 24.8 Å². The third-order valence-corrected chi connectivity index (χ3v) is 5.21. The number of carbonyl (C=O) groups is 2. The Morgan fingerprint density at radius 3 is 1.33 bits per heavy atom. The van der Waals surface area contributed by atoms with Crippen molar-refractivity contribution < 1.29 is 19.1 Å². The molecule has 178 valence electrons. The standard InChI is InChI=1S/C26H50O4/c1-5-6-7-8-9-10-11-12-13-14-15-16-17-18-19-20-23-29-24(27)21-22-25(28)30-26(2,3)4/h5-23H2,1-4H3. The summed E-state index contributed by atoms with van der Waals surface area (Å²) in [6.45, 7) is 8.20. The Labute approximate surface area is 186 Å². The van der Waals surface area contributed by atoms with Gasteiger partial charge in [0.25, 0.3) is 0 Å². The first-order chi connectivity index (χ1) is 14.3. The quantitative estimate of drug-likeness (QED) is 0.146. The fourth-order valence-electron chi connectivity index (χ4n) is 3.50. The predicted octanol–water partition coefficient (Wildman–Crippen LogP) is 7.91. The Balaban J connectivity index is 3.25. The van der Waals surface area contributed by atoms with Crippen LogP contribution in [0.25, 0.3) is 0 Å². The van der Waals surface area contributed by atoms with E-state index in [1.165, 1.54) is 89.9 Å². The summed E-state index contributed by atoms with van der Waals surface area (Å²) in [5.74, 6) is -0.649. The van der Waals surface area contributed by atoms with Gasteiger partial charge in [-0.15, -0.1) is 0 Å². The highest BCUT2D eigenvalue weighted by molar-refractivity contribution is 5.77. The second kappa shape index (κ2) is 19.9. The lowest BCUT2D eigenvalue weighted by Crippen LogP contribution is -2.24. The molecule has 0 bridgehead atoms. The molecule has 0 fully saturated rings. The minimum atomic E-state index is -0.505. The van der Waals surface area contributed by atoms with E-state index in [1.54, 1.807) is 0 Å². The lowest BCUT2D eigenvalue weighted by Gasteiger charge is -2.19. The van der Waals surface area contributed by atoms with Gasteiger partial charge in [-0.3, -0.25) is 9.59 Å². The van der Waals surface area contributed by atoms with Crippen LogP contribution in [0, 0.1) is 0 Å². The highest BCUT2D eigenvalue weighted by Gasteiger charge is 2.17. The molecule has 0 aromatic heterocycles. The van der Waals surface area contributed by atoms with E-state index in [2.05, 4.69) is 6.92 Å². The Kier molecular flexibility index (Phi) is 19.2. The molecule has 0 saturated carbocycles. The molecule has 4 nitrogen and oxygen atoms in total. The maximum Gasteiger partial charge on any atom is 0.306 e. The molecule has 0 atom stereocenters. The molecule has 0 aliphatic rings. The normalized spacial score (nSPS) is 11.5. The average molecular weight is 427 g/mol. The number of ether oxygens (including phenoxy) is 2. The van der Waals surface area contributed by atoms with Crippen molar-refractivity contribution in [3.8, 4) is 0 Å². The van der Waals surface area contributed by atoms with Crippen LogP contribution in [0.4, 0.5) is 0 Å². The van der Waals surface area contributed by atoms with Gasteiger partial charge in [0.05, 0.1) is 19.4 Å². The molecule has 0 heterocycles. The van der Waals surface area contributed by atoms with Crippen LogP contribution in [0.3, 0.4) is 0 Å². The highest BCUT2D eigenvalue weighted by atomic mass is 16.6. The third kappa shape index (κ3) is 23.2. The van der Waals surface area contributed by atoms with Crippen LogP contribution in [-0.2, 0) is 19.1 Å². The van der Waals surface area contributed by atoms with Crippen molar-refractivity contribution in [1.29, 1.82) is 0 Å². The summed E-state index contributed by atoms with van der Waals surface area (Å²) >= 11 is 0. The number of esters is 2. The van der Waals surface area contributed by atoms with Gasteiger partial charge in [-0.05, 0) is 27.2 Å². The summed E-state index contributed by atoms with van der Waals surface area (Å²) in [6, 6.07) is 0. The van der Waals surface area contributed by atoms with E-state index < -0.39 is 5.60 Å². The lowest BCUT2D eigenvalue weighted by molar-refractivity contribution is -0.158. The topological polar surface area (TPSA) is 52.6 Å². The van der Waals surface area contributed by atoms with Gasteiger partial charge in [-0.1, -0.05) is 103 Å². The van der Waals surface area contributed by atoms with Crippen molar-refractivity contribution >= 4 is 11.9 Å². The molecular formula is C26H50O4. The van der Waals surface area contributed by atoms with Crippen LogP contribution in [0.2, 0.25) is 0 Å². The van der Waals surface area contributed by atoms with Crippen molar-refractivity contribution in [1.82, 2.24) is 0 Å². The smallest absolute Gasteiger partial charge is 0.306 e. The molecule has 0 saturated heterocycles. The van der Waals surface area contributed by atoms with Crippen LogP contribution in [-0.4, -0.2) is 24.1 Å². The van der Waals surface area contributed by atoms with Gasteiger partial charge in [0.15, 0.2) is 0 Å². The Morgan fingerprint density at radius 1 is 0.567 bits per heavy atom. The summed E-state index contributed by atoms with van der Waals surface area (Å²) in [5, 5.41) is 0. The second-order valence-electron chi connectivity index (χ2n) is 9.61. The van der Waals surface area contributed by atoms with Gasteiger partial charge in [-0.25, -0.2) is 0 Å². The molecule has 0 rings (SSSR count). The fourth-order valence-corrected chi connectivity index (χ4v) is 3.50. The van der Waals surface area contributed by atoms with E-state index in [0.29, 0.717) is 6.61 Å². The number of carbonyl (C=O) groups excluding carboxylic acids is 2. The fraction of sp³-hybridized carbons (Fsp3) is 0.923. The number of hydrogen-bond acceptors (Lipinski definition) is 4. The summed E-state index contributed by atoms with van der Waals surface area (Å²) in [4.78, 5) is 23.2. The van der Waals surface area contributed by atoms with Crippen LogP contribution in [0.15, 0.2) is 0 Å². The van der Waals surface area contributed by atoms with Crippen LogP contribution in [0.1, 0.15) is 143 Å². The molecule has 0 spiro atoms. The first-order valence-corrected chi connectivity index (χ1v) is 12.7. The number of hydrogen-bond donors (Lipinski definition) is 0. The maximum atomic E-state index is 11.6. The van der Waals surface area contributed by atoms with Gasteiger partial charge in [0, 0.05) is 0 Å². The molecular weight excluding hydrogens is 376 g/mol. The minimum absolute atomic E-state index is 0.0923. The number of unbranched alkanes of at least 4 members (excludes halogenated alkanes) is 15. The number of rotatable bonds is 20. The van der Waals surface area contributed by atoms with Crippen molar-refractivity contribution in [3.05, 3.63) is 0 Å². The molecule has 0 unspecified atom stereocenters. The maximum absolute atomic E-state index is 11.6. The summed E-state index contributed by atoms with van der Waals surface area (Å²) in [7, 11) is 0. The van der Waals surface area contributed by atoms with E-state index in [0.717, 1.165) is 12.8 Å². The zero-order valence-corrected chi connectivity index (χ0v) is 20.6. The van der Waals surface area contributed by atoms with E-state index in [4.69, 9.17) is 9.47 Å². The van der Waals surface area contributed by atoms with Crippen LogP contribution < -0.4 is 0 Å². The minimum Gasteiger partial charge on any atom is -0.466 e. The van der Waals surface area contributed by atoms with Crippen LogP contribution >= 0.6 is 0 Å². The molecule has 30 heavy (non-hydrogen) atoms. The molecule has 0 aromatic carbocycles. The Morgan fingerprint density at radius 2 is 0.933 bits per heavy atom.